The number of hydrogen-bond acceptors (Lipinski definition) is 2. The third kappa shape index (κ3) is 2.59. The van der Waals surface area contributed by atoms with Gasteiger partial charge in [0.2, 0.25) is 0 Å². The number of Topliss-reactive ketones (excluding diaryl/α,β-unsaturated/α-hetero) is 1. The Morgan fingerprint density at radius 2 is 1.94 bits per heavy atom. The molecular weight excluding hydrogens is 210 g/mol. The van der Waals surface area contributed by atoms with Crippen molar-refractivity contribution in [2.45, 2.75) is 13.3 Å². The van der Waals surface area contributed by atoms with Crippen molar-refractivity contribution in [3.8, 4) is 0 Å². The van der Waals surface area contributed by atoms with Crippen molar-refractivity contribution in [3.63, 3.8) is 0 Å². The Bertz CT molecular complexity index is 552. The predicted molar refractivity (Wildman–Crippen MR) is 71.9 cm³/mol. The van der Waals surface area contributed by atoms with Gasteiger partial charge in [-0.3, -0.25) is 9.79 Å². The molecule has 17 heavy (non-hydrogen) atoms. The van der Waals surface area contributed by atoms with Crippen LogP contribution in [0.1, 0.15) is 23.7 Å². The first-order valence-electron chi connectivity index (χ1n) is 5.82. The smallest absolute Gasteiger partial charge is 0.168 e. The molecule has 0 bridgehead atoms. The Kier molecular flexibility index (Phi) is 3.66. The van der Waals surface area contributed by atoms with Gasteiger partial charge in [0.15, 0.2) is 5.78 Å². The van der Waals surface area contributed by atoms with Crippen molar-refractivity contribution < 1.29 is 4.79 Å². The van der Waals surface area contributed by atoms with Gasteiger partial charge in [-0.2, -0.15) is 0 Å². The van der Waals surface area contributed by atoms with Crippen LogP contribution in [0.4, 0.5) is 0 Å². The molecule has 0 amide bonds. The molecule has 0 aromatic heterocycles. The zero-order valence-electron chi connectivity index (χ0n) is 9.89. The number of carbonyl (C=O) groups excluding carboxylic acids is 1. The number of carbonyl (C=O) groups is 1. The van der Waals surface area contributed by atoms with Crippen molar-refractivity contribution in [3.05, 3.63) is 48.0 Å². The van der Waals surface area contributed by atoms with Crippen molar-refractivity contribution in [1.29, 1.82) is 0 Å². The minimum atomic E-state index is 0.124. The number of fused-ring (bicyclic) bond motifs is 1. The maximum atomic E-state index is 12.0. The van der Waals surface area contributed by atoms with Gasteiger partial charge in [-0.25, -0.2) is 0 Å². The van der Waals surface area contributed by atoms with E-state index in [1.165, 1.54) is 0 Å². The van der Waals surface area contributed by atoms with Crippen LogP contribution in [0.3, 0.4) is 0 Å². The van der Waals surface area contributed by atoms with Crippen LogP contribution in [-0.2, 0) is 0 Å². The molecule has 0 heterocycles. The summed E-state index contributed by atoms with van der Waals surface area (Å²) < 4.78 is 0. The summed E-state index contributed by atoms with van der Waals surface area (Å²) in [5.41, 5.74) is 0.783. The highest BCUT2D eigenvalue weighted by molar-refractivity contribution is 6.12. The fourth-order valence-corrected chi connectivity index (χ4v) is 1.86. The van der Waals surface area contributed by atoms with Gasteiger partial charge in [0, 0.05) is 24.7 Å². The highest BCUT2D eigenvalue weighted by Gasteiger charge is 2.07. The van der Waals surface area contributed by atoms with Crippen LogP contribution in [0.25, 0.3) is 10.8 Å². The average molecular weight is 225 g/mol. The summed E-state index contributed by atoms with van der Waals surface area (Å²) in [6.45, 7) is 2.68. The number of ketones is 1. The van der Waals surface area contributed by atoms with Crippen LogP contribution in [0, 0.1) is 0 Å². The Labute approximate surface area is 101 Å². The molecule has 0 spiro atoms. The predicted octanol–water partition coefficient (Wildman–Crippen LogP) is 3.50. The van der Waals surface area contributed by atoms with Crippen molar-refractivity contribution >= 4 is 22.8 Å². The third-order valence-corrected chi connectivity index (χ3v) is 2.68. The standard InChI is InChI=1S/C15H15NO/c1-2-16-11-10-15(17)14-9-5-7-12-6-3-4-8-13(12)14/h3-9,11H,2,10H2,1H3. The summed E-state index contributed by atoms with van der Waals surface area (Å²) in [5, 5.41) is 2.12. The van der Waals surface area contributed by atoms with Gasteiger partial charge in [-0.15, -0.1) is 0 Å². The normalized spacial score (nSPS) is 11.1. The topological polar surface area (TPSA) is 29.4 Å². The van der Waals surface area contributed by atoms with Crippen LogP contribution >= 0.6 is 0 Å². The molecule has 0 atom stereocenters. The third-order valence-electron chi connectivity index (χ3n) is 2.68. The van der Waals surface area contributed by atoms with E-state index < -0.39 is 0 Å². The Balaban J connectivity index is 2.35. The average Bonchev–Trinajstić information content (AvgIpc) is 2.38. The van der Waals surface area contributed by atoms with Gasteiger partial charge in [0.05, 0.1) is 0 Å². The first kappa shape index (κ1) is 11.5. The van der Waals surface area contributed by atoms with E-state index in [0.717, 1.165) is 22.9 Å². The molecule has 2 heteroatoms. The molecule has 0 fully saturated rings. The maximum Gasteiger partial charge on any atom is 0.168 e. The monoisotopic (exact) mass is 225 g/mol. The highest BCUT2D eigenvalue weighted by Crippen LogP contribution is 2.19. The lowest BCUT2D eigenvalue weighted by Crippen LogP contribution is -2.00. The second-order valence-electron chi connectivity index (χ2n) is 3.84. The lowest BCUT2D eigenvalue weighted by Gasteiger charge is -2.03. The summed E-state index contributed by atoms with van der Waals surface area (Å²) in [5.74, 6) is 0.124. The number of rotatable bonds is 4. The molecule has 0 saturated heterocycles. The lowest BCUT2D eigenvalue weighted by molar-refractivity contribution is 0.100. The second-order valence-corrected chi connectivity index (χ2v) is 3.84. The number of nitrogens with zero attached hydrogens (tertiary/aromatic N) is 1. The van der Waals surface area contributed by atoms with Crippen LogP contribution in [0.15, 0.2) is 47.5 Å². The summed E-state index contributed by atoms with van der Waals surface area (Å²) in [7, 11) is 0. The molecule has 0 saturated carbocycles. The van der Waals surface area contributed by atoms with Crippen molar-refractivity contribution in [2.24, 2.45) is 4.99 Å². The molecular formula is C15H15NO. The summed E-state index contributed by atoms with van der Waals surface area (Å²) in [6.07, 6.45) is 2.08. The Hall–Kier alpha value is -1.96. The van der Waals surface area contributed by atoms with Crippen LogP contribution in [0.2, 0.25) is 0 Å². The van der Waals surface area contributed by atoms with Gasteiger partial charge in [0.1, 0.15) is 0 Å². The van der Waals surface area contributed by atoms with Gasteiger partial charge in [-0.05, 0) is 17.7 Å². The molecule has 0 aliphatic rings. The van der Waals surface area contributed by atoms with Crippen molar-refractivity contribution in [1.82, 2.24) is 0 Å². The molecule has 0 aliphatic carbocycles. The van der Waals surface area contributed by atoms with E-state index in [0.29, 0.717) is 6.42 Å². The van der Waals surface area contributed by atoms with E-state index in [2.05, 4.69) is 4.99 Å². The summed E-state index contributed by atoms with van der Waals surface area (Å²) >= 11 is 0. The fourth-order valence-electron chi connectivity index (χ4n) is 1.86. The minimum Gasteiger partial charge on any atom is -0.297 e. The van der Waals surface area contributed by atoms with Gasteiger partial charge >= 0.3 is 0 Å². The van der Waals surface area contributed by atoms with Crippen molar-refractivity contribution in [2.75, 3.05) is 6.54 Å². The van der Waals surface area contributed by atoms with E-state index in [-0.39, 0.29) is 5.78 Å². The highest BCUT2D eigenvalue weighted by atomic mass is 16.1. The van der Waals surface area contributed by atoms with Crippen LogP contribution in [-0.4, -0.2) is 18.5 Å². The molecule has 0 N–H and O–H groups in total. The Morgan fingerprint density at radius 3 is 2.76 bits per heavy atom. The number of benzene rings is 2. The summed E-state index contributed by atoms with van der Waals surface area (Å²) in [4.78, 5) is 16.1. The first-order chi connectivity index (χ1) is 8.33. The molecule has 2 aromatic rings. The zero-order valence-corrected chi connectivity index (χ0v) is 9.89. The quantitative estimate of drug-likeness (QED) is 0.578. The van der Waals surface area contributed by atoms with E-state index in [1.807, 2.05) is 49.4 Å². The van der Waals surface area contributed by atoms with Gasteiger partial charge in [-0.1, -0.05) is 42.5 Å². The van der Waals surface area contributed by atoms with E-state index in [9.17, 15) is 4.79 Å². The Morgan fingerprint density at radius 1 is 1.18 bits per heavy atom. The van der Waals surface area contributed by atoms with Gasteiger partial charge < -0.3 is 0 Å². The van der Waals surface area contributed by atoms with E-state index in [4.69, 9.17) is 0 Å². The molecule has 0 radical (unpaired) electrons. The molecule has 2 nitrogen and oxygen atoms in total. The van der Waals surface area contributed by atoms with Crippen LogP contribution < -0.4 is 0 Å². The summed E-state index contributed by atoms with van der Waals surface area (Å²) in [6, 6.07) is 13.8. The SMILES string of the molecule is CCN=CCC(=O)c1cccc2ccccc12. The molecule has 2 aromatic carbocycles. The lowest BCUT2D eigenvalue weighted by atomic mass is 10.0. The molecule has 0 aliphatic heterocycles. The minimum absolute atomic E-state index is 0.124. The molecule has 0 unspecified atom stereocenters. The number of aliphatic imine (C=N–C) groups is 1. The van der Waals surface area contributed by atoms with Gasteiger partial charge in [0.25, 0.3) is 0 Å². The van der Waals surface area contributed by atoms with E-state index in [1.54, 1.807) is 6.21 Å². The molecule has 86 valence electrons. The number of hydrogen-bond donors (Lipinski definition) is 0. The maximum absolute atomic E-state index is 12.0. The largest absolute Gasteiger partial charge is 0.297 e. The molecule has 2 rings (SSSR count). The fraction of sp³-hybridized carbons (Fsp3) is 0.200. The van der Waals surface area contributed by atoms with Crippen LogP contribution in [0.5, 0.6) is 0 Å². The first-order valence-corrected chi connectivity index (χ1v) is 5.82. The second kappa shape index (κ2) is 5.39. The zero-order chi connectivity index (χ0) is 12.1. The van der Waals surface area contributed by atoms with E-state index >= 15 is 0 Å².